The van der Waals surface area contributed by atoms with E-state index >= 15 is 0 Å². The second-order valence-corrected chi connectivity index (χ2v) is 6.72. The Morgan fingerprint density at radius 1 is 1.07 bits per heavy atom. The van der Waals surface area contributed by atoms with Crippen molar-refractivity contribution in [2.24, 2.45) is 0 Å². The maximum absolute atomic E-state index is 12.9. The summed E-state index contributed by atoms with van der Waals surface area (Å²) in [5.41, 5.74) is 0.764. The van der Waals surface area contributed by atoms with Crippen LogP contribution in [-0.2, 0) is 14.3 Å². The van der Waals surface area contributed by atoms with Crippen molar-refractivity contribution < 1.29 is 23.5 Å². The number of rotatable bonds is 7. The summed E-state index contributed by atoms with van der Waals surface area (Å²) in [6.07, 6.45) is 0. The largest absolute Gasteiger partial charge is 0.452 e. The predicted molar refractivity (Wildman–Crippen MR) is 101 cm³/mol. The van der Waals surface area contributed by atoms with Crippen LogP contribution in [0.2, 0.25) is 0 Å². The van der Waals surface area contributed by atoms with Gasteiger partial charge in [0.15, 0.2) is 6.61 Å². The van der Waals surface area contributed by atoms with E-state index in [4.69, 9.17) is 4.74 Å². The molecule has 0 saturated heterocycles. The molecule has 0 atom stereocenters. The van der Waals surface area contributed by atoms with Gasteiger partial charge in [-0.1, -0.05) is 12.1 Å². The highest BCUT2D eigenvalue weighted by molar-refractivity contribution is 8.00. The Balaban J connectivity index is 1.94. The summed E-state index contributed by atoms with van der Waals surface area (Å²) >= 11 is 1.16. The van der Waals surface area contributed by atoms with Crippen LogP contribution in [-0.4, -0.2) is 49.1 Å². The third kappa shape index (κ3) is 6.41. The van der Waals surface area contributed by atoms with Crippen LogP contribution in [0.15, 0.2) is 53.4 Å². The molecule has 2 aromatic rings. The number of nitrogens with one attached hydrogen (secondary N) is 1. The maximum Gasteiger partial charge on any atom is 0.339 e. The van der Waals surface area contributed by atoms with Crippen LogP contribution in [0.4, 0.5) is 10.1 Å². The normalized spacial score (nSPS) is 10.2. The van der Waals surface area contributed by atoms with Crippen LogP contribution in [0.25, 0.3) is 0 Å². The average molecular weight is 390 g/mol. The third-order valence-electron chi connectivity index (χ3n) is 3.42. The summed E-state index contributed by atoms with van der Waals surface area (Å²) in [7, 11) is 3.14. The van der Waals surface area contributed by atoms with E-state index in [0.717, 1.165) is 11.8 Å². The van der Waals surface area contributed by atoms with E-state index in [1.165, 1.54) is 29.2 Å². The molecule has 0 saturated carbocycles. The average Bonchev–Trinajstić information content (AvgIpc) is 2.66. The van der Waals surface area contributed by atoms with Crippen LogP contribution < -0.4 is 5.32 Å². The molecule has 0 aliphatic rings. The summed E-state index contributed by atoms with van der Waals surface area (Å²) in [5, 5.41) is 2.65. The zero-order valence-electron chi connectivity index (χ0n) is 14.9. The minimum atomic E-state index is -0.632. The molecule has 0 fully saturated rings. The first-order valence-corrected chi connectivity index (χ1v) is 9.00. The number of carbonyl (C=O) groups is 3. The number of anilines is 1. The number of esters is 1. The lowest BCUT2D eigenvalue weighted by Crippen LogP contribution is -2.27. The molecule has 0 aliphatic heterocycles. The van der Waals surface area contributed by atoms with Gasteiger partial charge < -0.3 is 15.0 Å². The van der Waals surface area contributed by atoms with Gasteiger partial charge >= 0.3 is 5.97 Å². The van der Waals surface area contributed by atoms with Crippen molar-refractivity contribution in [1.82, 2.24) is 4.90 Å². The van der Waals surface area contributed by atoms with Gasteiger partial charge in [0.25, 0.3) is 5.91 Å². The maximum atomic E-state index is 12.9. The van der Waals surface area contributed by atoms with E-state index in [0.29, 0.717) is 10.6 Å². The summed E-state index contributed by atoms with van der Waals surface area (Å²) in [4.78, 5) is 37.7. The molecule has 6 nitrogen and oxygen atoms in total. The molecule has 27 heavy (non-hydrogen) atoms. The van der Waals surface area contributed by atoms with Gasteiger partial charge in [-0.3, -0.25) is 9.59 Å². The fourth-order valence-corrected chi connectivity index (χ4v) is 2.81. The molecule has 1 N–H and O–H groups in total. The van der Waals surface area contributed by atoms with Gasteiger partial charge in [0.05, 0.1) is 11.3 Å². The fourth-order valence-electron chi connectivity index (χ4n) is 1.97. The molecule has 0 aliphatic carbocycles. The van der Waals surface area contributed by atoms with Gasteiger partial charge in [-0.25, -0.2) is 9.18 Å². The highest BCUT2D eigenvalue weighted by Gasteiger charge is 2.16. The number of thioether (sulfide) groups is 1. The smallest absolute Gasteiger partial charge is 0.339 e. The van der Waals surface area contributed by atoms with E-state index in [9.17, 15) is 18.8 Å². The number of likely N-dealkylation sites (N-methyl/N-ethyl adjacent to an activating group) is 1. The molecule has 0 aromatic heterocycles. The Morgan fingerprint density at radius 3 is 2.41 bits per heavy atom. The Kier molecular flexibility index (Phi) is 7.36. The highest BCUT2D eigenvalue weighted by Crippen LogP contribution is 2.23. The first-order chi connectivity index (χ1) is 12.9. The van der Waals surface area contributed by atoms with E-state index in [1.807, 2.05) is 0 Å². The summed E-state index contributed by atoms with van der Waals surface area (Å²) in [6.45, 7) is -0.351. The summed E-state index contributed by atoms with van der Waals surface area (Å²) < 4.78 is 17.9. The van der Waals surface area contributed by atoms with Gasteiger partial charge in [0, 0.05) is 24.7 Å². The van der Waals surface area contributed by atoms with Crippen molar-refractivity contribution in [1.29, 1.82) is 0 Å². The van der Waals surface area contributed by atoms with Crippen molar-refractivity contribution in [2.75, 3.05) is 31.8 Å². The minimum Gasteiger partial charge on any atom is -0.452 e. The second-order valence-electron chi connectivity index (χ2n) is 5.70. The highest BCUT2D eigenvalue weighted by atomic mass is 32.2. The van der Waals surface area contributed by atoms with Gasteiger partial charge in [0.1, 0.15) is 5.82 Å². The number of amides is 2. The summed E-state index contributed by atoms with van der Waals surface area (Å²) in [5.74, 6) is -1.59. The topological polar surface area (TPSA) is 75.7 Å². The fraction of sp³-hybridized carbons (Fsp3) is 0.211. The van der Waals surface area contributed by atoms with Crippen molar-refractivity contribution in [3.63, 3.8) is 0 Å². The molecule has 0 radical (unpaired) electrons. The van der Waals surface area contributed by atoms with Gasteiger partial charge in [-0.05, 0) is 36.4 Å². The van der Waals surface area contributed by atoms with Crippen molar-refractivity contribution >= 4 is 35.2 Å². The second kappa shape index (κ2) is 9.72. The number of hydrogen-bond donors (Lipinski definition) is 1. The van der Waals surface area contributed by atoms with E-state index in [1.54, 1.807) is 38.4 Å². The quantitative estimate of drug-likeness (QED) is 0.581. The first kappa shape index (κ1) is 20.4. The van der Waals surface area contributed by atoms with Crippen LogP contribution in [0.1, 0.15) is 10.4 Å². The van der Waals surface area contributed by atoms with Crippen LogP contribution in [0.5, 0.6) is 0 Å². The molecule has 2 amide bonds. The zero-order valence-corrected chi connectivity index (χ0v) is 15.7. The molecule has 8 heteroatoms. The lowest BCUT2D eigenvalue weighted by atomic mass is 10.2. The number of ether oxygens (including phenoxy) is 1. The minimum absolute atomic E-state index is 0.0539. The molecule has 0 spiro atoms. The Hall–Kier alpha value is -2.87. The van der Waals surface area contributed by atoms with Crippen LogP contribution in [0, 0.1) is 5.82 Å². The molecule has 142 valence electrons. The SMILES string of the molecule is CN(C)C(=O)COC(=O)c1ccccc1SCC(=O)Nc1ccc(F)cc1. The third-order valence-corrected chi connectivity index (χ3v) is 4.49. The predicted octanol–water partition coefficient (Wildman–Crippen LogP) is 2.80. The van der Waals surface area contributed by atoms with Crippen LogP contribution >= 0.6 is 11.8 Å². The van der Waals surface area contributed by atoms with E-state index in [-0.39, 0.29) is 35.6 Å². The molecule has 0 heterocycles. The molecule has 2 rings (SSSR count). The lowest BCUT2D eigenvalue weighted by molar-refractivity contribution is -0.132. The molecular weight excluding hydrogens is 371 g/mol. The van der Waals surface area contributed by atoms with Gasteiger partial charge in [-0.15, -0.1) is 11.8 Å². The monoisotopic (exact) mass is 390 g/mol. The zero-order chi connectivity index (χ0) is 19.8. The van der Waals surface area contributed by atoms with Gasteiger partial charge in [0.2, 0.25) is 5.91 Å². The molecule has 0 unspecified atom stereocenters. The molecular formula is C19H19FN2O4S. The van der Waals surface area contributed by atoms with Crippen LogP contribution in [0.3, 0.4) is 0 Å². The first-order valence-electron chi connectivity index (χ1n) is 8.01. The Morgan fingerprint density at radius 2 is 1.74 bits per heavy atom. The van der Waals surface area contributed by atoms with Gasteiger partial charge in [-0.2, -0.15) is 0 Å². The number of halogens is 1. The van der Waals surface area contributed by atoms with Crippen molar-refractivity contribution in [2.45, 2.75) is 4.90 Å². The van der Waals surface area contributed by atoms with E-state index in [2.05, 4.69) is 5.32 Å². The Labute approximate surface area is 160 Å². The number of benzene rings is 2. The number of carbonyl (C=O) groups excluding carboxylic acids is 3. The lowest BCUT2D eigenvalue weighted by Gasteiger charge is -2.12. The summed E-state index contributed by atoms with van der Waals surface area (Å²) in [6, 6.07) is 12.1. The standard InChI is InChI=1S/C19H19FN2O4S/c1-22(2)18(24)11-26-19(25)15-5-3-4-6-16(15)27-12-17(23)21-14-9-7-13(20)8-10-14/h3-10H,11-12H2,1-2H3,(H,21,23). The Bertz CT molecular complexity index is 825. The van der Waals surface area contributed by atoms with Crippen molar-refractivity contribution in [3.05, 3.63) is 59.9 Å². The molecule has 2 aromatic carbocycles. The van der Waals surface area contributed by atoms with E-state index < -0.39 is 5.97 Å². The number of hydrogen-bond acceptors (Lipinski definition) is 5. The number of nitrogens with zero attached hydrogens (tertiary/aromatic N) is 1. The van der Waals surface area contributed by atoms with Crippen molar-refractivity contribution in [3.8, 4) is 0 Å². The molecule has 0 bridgehead atoms.